The van der Waals surface area contributed by atoms with Crippen LogP contribution in [0.25, 0.3) is 10.3 Å². The van der Waals surface area contributed by atoms with Gasteiger partial charge in [0.25, 0.3) is 0 Å². The van der Waals surface area contributed by atoms with Crippen LogP contribution in [0, 0.1) is 5.92 Å². The Morgan fingerprint density at radius 3 is 3.13 bits per heavy atom. The van der Waals surface area contributed by atoms with Gasteiger partial charge in [0.05, 0.1) is 5.92 Å². The molecular weight excluding hydrogens is 330 g/mol. The van der Waals surface area contributed by atoms with Crippen molar-refractivity contribution >= 4 is 49.2 Å². The summed E-state index contributed by atoms with van der Waals surface area (Å²) >= 11 is 3.02. The average molecular weight is 345 g/mol. The van der Waals surface area contributed by atoms with Crippen molar-refractivity contribution in [2.24, 2.45) is 5.92 Å². The highest BCUT2D eigenvalue weighted by atomic mass is 32.1. The maximum atomic E-state index is 12.4. The number of carbonyl (C=O) groups is 1. The molecule has 0 unspecified atom stereocenters. The smallest absolute Gasteiger partial charge is 0.231 e. The Morgan fingerprint density at radius 2 is 2.30 bits per heavy atom. The highest BCUT2D eigenvalue weighted by molar-refractivity contribution is 7.21. The van der Waals surface area contributed by atoms with Crippen LogP contribution in [0.3, 0.4) is 0 Å². The zero-order valence-electron chi connectivity index (χ0n) is 12.3. The third kappa shape index (κ3) is 3.04. The van der Waals surface area contributed by atoms with Gasteiger partial charge in [-0.1, -0.05) is 11.3 Å². The van der Waals surface area contributed by atoms with Gasteiger partial charge in [0, 0.05) is 30.9 Å². The highest BCUT2D eigenvalue weighted by Gasteiger charge is 2.28. The molecule has 1 aliphatic heterocycles. The van der Waals surface area contributed by atoms with E-state index in [1.807, 2.05) is 17.5 Å². The molecule has 1 amide bonds. The Labute approximate surface area is 141 Å². The van der Waals surface area contributed by atoms with Gasteiger partial charge >= 0.3 is 0 Å². The van der Waals surface area contributed by atoms with Gasteiger partial charge in [0.2, 0.25) is 5.91 Å². The molecule has 6 nitrogen and oxygen atoms in total. The van der Waals surface area contributed by atoms with Crippen LogP contribution in [0.4, 0.5) is 10.3 Å². The molecule has 4 rings (SSSR count). The number of anilines is 2. The van der Waals surface area contributed by atoms with E-state index in [1.54, 1.807) is 23.7 Å². The number of rotatable bonds is 3. The van der Waals surface area contributed by atoms with Gasteiger partial charge < -0.3 is 10.2 Å². The van der Waals surface area contributed by atoms with E-state index < -0.39 is 0 Å². The van der Waals surface area contributed by atoms with Crippen LogP contribution in [0.1, 0.15) is 12.8 Å². The summed E-state index contributed by atoms with van der Waals surface area (Å²) in [5, 5.41) is 6.37. The molecule has 0 saturated carbocycles. The number of pyridine rings is 1. The van der Waals surface area contributed by atoms with Gasteiger partial charge in [-0.2, -0.15) is 0 Å². The molecular formula is C15H15N5OS2. The molecule has 0 spiro atoms. The molecule has 0 radical (unpaired) electrons. The number of amides is 1. The molecule has 3 aromatic heterocycles. The van der Waals surface area contributed by atoms with Gasteiger partial charge in [0.15, 0.2) is 10.3 Å². The van der Waals surface area contributed by atoms with Crippen molar-refractivity contribution in [1.29, 1.82) is 0 Å². The van der Waals surface area contributed by atoms with E-state index >= 15 is 0 Å². The number of fused-ring (bicyclic) bond motifs is 1. The zero-order chi connectivity index (χ0) is 15.6. The minimum atomic E-state index is -0.0346. The molecule has 4 heterocycles. The minimum Gasteiger partial charge on any atom is -0.347 e. The van der Waals surface area contributed by atoms with Crippen LogP contribution in [0.2, 0.25) is 0 Å². The molecule has 8 heteroatoms. The van der Waals surface area contributed by atoms with Crippen molar-refractivity contribution in [3.05, 3.63) is 29.9 Å². The first-order chi connectivity index (χ1) is 11.3. The Bertz CT molecular complexity index is 783. The van der Waals surface area contributed by atoms with E-state index in [1.165, 1.54) is 11.3 Å². The predicted molar refractivity (Wildman–Crippen MR) is 93.1 cm³/mol. The normalized spacial score (nSPS) is 18.3. The van der Waals surface area contributed by atoms with Gasteiger partial charge in [-0.25, -0.2) is 15.0 Å². The summed E-state index contributed by atoms with van der Waals surface area (Å²) in [5.41, 5.74) is 0.918. The average Bonchev–Trinajstić information content (AvgIpc) is 3.24. The lowest BCUT2D eigenvalue weighted by molar-refractivity contribution is -0.120. The Hall–Kier alpha value is -2.06. The van der Waals surface area contributed by atoms with Crippen LogP contribution in [0.15, 0.2) is 29.9 Å². The summed E-state index contributed by atoms with van der Waals surface area (Å²) < 4.78 is 0. The number of aromatic nitrogens is 3. The maximum absolute atomic E-state index is 12.4. The summed E-state index contributed by atoms with van der Waals surface area (Å²) in [6, 6.07) is 3.87. The molecule has 1 N–H and O–H groups in total. The Morgan fingerprint density at radius 1 is 1.35 bits per heavy atom. The molecule has 1 fully saturated rings. The Kier molecular flexibility index (Phi) is 3.92. The third-order valence-corrected chi connectivity index (χ3v) is 5.61. The fourth-order valence-corrected chi connectivity index (χ4v) is 4.23. The topological polar surface area (TPSA) is 71.0 Å². The maximum Gasteiger partial charge on any atom is 0.231 e. The third-order valence-electron chi connectivity index (χ3n) is 3.88. The molecule has 118 valence electrons. The van der Waals surface area contributed by atoms with Crippen LogP contribution < -0.4 is 10.2 Å². The molecule has 1 aliphatic rings. The number of nitrogens with zero attached hydrogens (tertiary/aromatic N) is 4. The van der Waals surface area contributed by atoms with E-state index in [4.69, 9.17) is 0 Å². The van der Waals surface area contributed by atoms with Crippen molar-refractivity contribution < 1.29 is 4.79 Å². The second kappa shape index (κ2) is 6.21. The summed E-state index contributed by atoms with van der Waals surface area (Å²) in [7, 11) is 0. The van der Waals surface area contributed by atoms with Crippen LogP contribution >= 0.6 is 22.7 Å². The second-order valence-electron chi connectivity index (χ2n) is 5.44. The zero-order valence-corrected chi connectivity index (χ0v) is 13.9. The van der Waals surface area contributed by atoms with Crippen molar-refractivity contribution in [3.8, 4) is 0 Å². The van der Waals surface area contributed by atoms with Gasteiger partial charge in [-0.15, -0.1) is 11.3 Å². The predicted octanol–water partition coefficient (Wildman–Crippen LogP) is 3.00. The first-order valence-electron chi connectivity index (χ1n) is 7.46. The number of nitrogens with one attached hydrogen (secondary N) is 1. The lowest BCUT2D eigenvalue weighted by Gasteiger charge is -2.31. The van der Waals surface area contributed by atoms with Gasteiger partial charge in [-0.05, 0) is 25.0 Å². The summed E-state index contributed by atoms with van der Waals surface area (Å²) in [6.45, 7) is 1.62. The standard InChI is InChI=1S/C15H15N5OS2/c21-12(19-14-17-6-8-22-14)10-3-2-7-20(9-10)15-18-11-4-1-5-16-13(11)23-15/h1,4-6,8,10H,2-3,7,9H2,(H,17,19,21)/t10-/m0/s1. The van der Waals surface area contributed by atoms with E-state index in [0.29, 0.717) is 11.7 Å². The monoisotopic (exact) mass is 345 g/mol. The number of hydrogen-bond donors (Lipinski definition) is 1. The lowest BCUT2D eigenvalue weighted by Crippen LogP contribution is -2.40. The summed E-state index contributed by atoms with van der Waals surface area (Å²) in [6.07, 6.45) is 5.36. The van der Waals surface area contributed by atoms with E-state index in [2.05, 4.69) is 25.2 Å². The van der Waals surface area contributed by atoms with E-state index in [0.717, 1.165) is 34.9 Å². The number of thiazole rings is 2. The molecule has 0 aliphatic carbocycles. The van der Waals surface area contributed by atoms with Crippen molar-refractivity contribution in [2.45, 2.75) is 12.8 Å². The second-order valence-corrected chi connectivity index (χ2v) is 7.29. The highest BCUT2D eigenvalue weighted by Crippen LogP contribution is 2.30. The van der Waals surface area contributed by atoms with Crippen molar-refractivity contribution in [2.75, 3.05) is 23.3 Å². The lowest BCUT2D eigenvalue weighted by atomic mass is 9.98. The number of piperidine rings is 1. The quantitative estimate of drug-likeness (QED) is 0.790. The first kappa shape index (κ1) is 14.5. The van der Waals surface area contributed by atoms with Gasteiger partial charge in [0.1, 0.15) is 10.3 Å². The molecule has 0 aromatic carbocycles. The molecule has 1 atom stereocenters. The SMILES string of the molecule is O=C(Nc1nccs1)[C@H]1CCCN(c2nc3cccnc3s2)C1. The van der Waals surface area contributed by atoms with Crippen molar-refractivity contribution in [3.63, 3.8) is 0 Å². The van der Waals surface area contributed by atoms with Gasteiger partial charge in [-0.3, -0.25) is 4.79 Å². The Balaban J connectivity index is 1.49. The number of hydrogen-bond acceptors (Lipinski definition) is 7. The fraction of sp³-hybridized carbons (Fsp3) is 0.333. The fourth-order valence-electron chi connectivity index (χ4n) is 2.75. The number of carbonyl (C=O) groups excluding carboxylic acids is 1. The molecule has 3 aromatic rings. The van der Waals surface area contributed by atoms with Crippen molar-refractivity contribution in [1.82, 2.24) is 15.0 Å². The van der Waals surface area contributed by atoms with Crippen LogP contribution in [0.5, 0.6) is 0 Å². The largest absolute Gasteiger partial charge is 0.347 e. The van der Waals surface area contributed by atoms with E-state index in [9.17, 15) is 4.79 Å². The first-order valence-corrected chi connectivity index (χ1v) is 9.16. The minimum absolute atomic E-state index is 0.0346. The van der Waals surface area contributed by atoms with Crippen LogP contribution in [-0.2, 0) is 4.79 Å². The summed E-state index contributed by atoms with van der Waals surface area (Å²) in [5.74, 6) is 0.0107. The molecule has 1 saturated heterocycles. The van der Waals surface area contributed by atoms with E-state index in [-0.39, 0.29) is 11.8 Å². The van der Waals surface area contributed by atoms with Crippen LogP contribution in [-0.4, -0.2) is 33.9 Å². The summed E-state index contributed by atoms with van der Waals surface area (Å²) in [4.78, 5) is 28.7. The molecule has 0 bridgehead atoms. The molecule has 23 heavy (non-hydrogen) atoms.